The molecule has 1 aliphatic carbocycles. The number of hydrogen-bond donors (Lipinski definition) is 2. The van der Waals surface area contributed by atoms with Gasteiger partial charge in [-0.2, -0.15) is 0 Å². The molecular formula is C11H21NO2. The Morgan fingerprint density at radius 3 is 2.07 bits per heavy atom. The highest BCUT2D eigenvalue weighted by Gasteiger charge is 2.31. The first-order chi connectivity index (χ1) is 6.68. The highest BCUT2D eigenvalue weighted by molar-refractivity contribution is 5.67. The normalized spacial score (nSPS) is 22.4. The molecule has 14 heavy (non-hydrogen) atoms. The molecule has 0 aromatic rings. The van der Waals surface area contributed by atoms with Gasteiger partial charge in [0.1, 0.15) is 0 Å². The molecule has 3 heteroatoms. The molecular weight excluding hydrogens is 178 g/mol. The number of nitrogens with two attached hydrogens (primary N) is 1. The molecule has 3 N–H and O–H groups in total. The molecule has 1 rings (SSSR count). The van der Waals surface area contributed by atoms with Crippen LogP contribution >= 0.6 is 0 Å². The highest BCUT2D eigenvalue weighted by Crippen LogP contribution is 2.36. The first-order valence-electron chi connectivity index (χ1n) is 5.60. The maximum absolute atomic E-state index is 10.8. The Kier molecular flexibility index (Phi) is 4.39. The quantitative estimate of drug-likeness (QED) is 0.732. The van der Waals surface area contributed by atoms with E-state index in [9.17, 15) is 4.79 Å². The zero-order valence-corrected chi connectivity index (χ0v) is 8.80. The molecule has 0 spiro atoms. The average molecular weight is 199 g/mol. The van der Waals surface area contributed by atoms with Crippen molar-refractivity contribution in [3.63, 3.8) is 0 Å². The summed E-state index contributed by atoms with van der Waals surface area (Å²) in [5.74, 6) is -0.698. The first-order valence-corrected chi connectivity index (χ1v) is 5.60. The van der Waals surface area contributed by atoms with Gasteiger partial charge in [0.2, 0.25) is 0 Å². The lowest BCUT2D eigenvalue weighted by Crippen LogP contribution is -2.33. The van der Waals surface area contributed by atoms with E-state index >= 15 is 0 Å². The molecule has 82 valence electrons. The minimum Gasteiger partial charge on any atom is -0.481 e. The van der Waals surface area contributed by atoms with E-state index in [4.69, 9.17) is 10.8 Å². The SMILES string of the molecule is NCC1(CC(=O)O)CCCCCCC1. The second kappa shape index (κ2) is 5.35. The molecule has 0 unspecified atom stereocenters. The summed E-state index contributed by atoms with van der Waals surface area (Å²) in [6, 6.07) is 0. The van der Waals surface area contributed by atoms with Crippen LogP contribution in [0.25, 0.3) is 0 Å². The number of carboxylic acid groups (broad SMARTS) is 1. The van der Waals surface area contributed by atoms with Crippen LogP contribution in [0.1, 0.15) is 51.4 Å². The van der Waals surface area contributed by atoms with E-state index in [-0.39, 0.29) is 11.8 Å². The van der Waals surface area contributed by atoms with Crippen molar-refractivity contribution in [3.8, 4) is 0 Å². The molecule has 0 atom stereocenters. The molecule has 0 radical (unpaired) electrons. The lowest BCUT2D eigenvalue weighted by atomic mass is 9.74. The molecule has 3 nitrogen and oxygen atoms in total. The van der Waals surface area contributed by atoms with Gasteiger partial charge in [0.05, 0.1) is 6.42 Å². The zero-order valence-electron chi connectivity index (χ0n) is 8.80. The third-order valence-corrected chi connectivity index (χ3v) is 3.37. The van der Waals surface area contributed by atoms with Crippen molar-refractivity contribution in [2.24, 2.45) is 11.1 Å². The molecule has 0 heterocycles. The van der Waals surface area contributed by atoms with Gasteiger partial charge in [-0.1, -0.05) is 32.1 Å². The van der Waals surface area contributed by atoms with Crippen LogP contribution in [0, 0.1) is 5.41 Å². The maximum Gasteiger partial charge on any atom is 0.303 e. The Labute approximate surface area is 85.7 Å². The number of rotatable bonds is 3. The average Bonchev–Trinajstić information content (AvgIpc) is 2.09. The van der Waals surface area contributed by atoms with Gasteiger partial charge in [0.25, 0.3) is 0 Å². The van der Waals surface area contributed by atoms with Crippen molar-refractivity contribution >= 4 is 5.97 Å². The van der Waals surface area contributed by atoms with Crippen LogP contribution in [0.5, 0.6) is 0 Å². The number of carboxylic acids is 1. The maximum atomic E-state index is 10.8. The minimum absolute atomic E-state index is 0.105. The Morgan fingerprint density at radius 2 is 1.64 bits per heavy atom. The summed E-state index contributed by atoms with van der Waals surface area (Å²) >= 11 is 0. The molecule has 0 bridgehead atoms. The third kappa shape index (κ3) is 3.29. The fourth-order valence-corrected chi connectivity index (χ4v) is 2.43. The number of hydrogen-bond acceptors (Lipinski definition) is 2. The van der Waals surface area contributed by atoms with Gasteiger partial charge in [-0.25, -0.2) is 0 Å². The van der Waals surface area contributed by atoms with Crippen LogP contribution in [0.4, 0.5) is 0 Å². The van der Waals surface area contributed by atoms with Gasteiger partial charge in [-0.15, -0.1) is 0 Å². The van der Waals surface area contributed by atoms with Crippen LogP contribution in [0.3, 0.4) is 0 Å². The molecule has 0 aromatic heterocycles. The van der Waals surface area contributed by atoms with E-state index in [2.05, 4.69) is 0 Å². The standard InChI is InChI=1S/C11H21NO2/c12-9-11(8-10(13)14)6-4-2-1-3-5-7-11/h1-9,12H2,(H,13,14). The molecule has 0 aromatic carbocycles. The first kappa shape index (κ1) is 11.5. The van der Waals surface area contributed by atoms with Crippen molar-refractivity contribution in [2.75, 3.05) is 6.54 Å². The van der Waals surface area contributed by atoms with Crippen LogP contribution in [0.15, 0.2) is 0 Å². The lowest BCUT2D eigenvalue weighted by Gasteiger charge is -2.32. The summed E-state index contributed by atoms with van der Waals surface area (Å²) in [5.41, 5.74) is 5.64. The summed E-state index contributed by atoms with van der Waals surface area (Å²) in [6.45, 7) is 0.527. The molecule has 0 amide bonds. The summed E-state index contributed by atoms with van der Waals surface area (Å²) < 4.78 is 0. The Morgan fingerprint density at radius 1 is 1.14 bits per heavy atom. The van der Waals surface area contributed by atoms with Gasteiger partial charge in [0.15, 0.2) is 0 Å². The van der Waals surface area contributed by atoms with E-state index in [1.807, 2.05) is 0 Å². The van der Waals surface area contributed by atoms with Gasteiger partial charge in [-0.3, -0.25) is 4.79 Å². The van der Waals surface area contributed by atoms with E-state index in [1.165, 1.54) is 19.3 Å². The second-order valence-electron chi connectivity index (χ2n) is 4.54. The molecule has 0 saturated heterocycles. The summed E-state index contributed by atoms with van der Waals surface area (Å²) in [4.78, 5) is 10.8. The summed E-state index contributed by atoms with van der Waals surface area (Å²) in [6.07, 6.45) is 8.31. The third-order valence-electron chi connectivity index (χ3n) is 3.37. The van der Waals surface area contributed by atoms with Crippen LogP contribution in [-0.2, 0) is 4.79 Å². The van der Waals surface area contributed by atoms with E-state index < -0.39 is 5.97 Å². The van der Waals surface area contributed by atoms with Crippen LogP contribution in [0.2, 0.25) is 0 Å². The van der Waals surface area contributed by atoms with Crippen molar-refractivity contribution in [1.82, 2.24) is 0 Å². The predicted octanol–water partition coefficient (Wildman–Crippen LogP) is 2.15. The molecule has 1 fully saturated rings. The Balaban J connectivity index is 2.57. The van der Waals surface area contributed by atoms with Gasteiger partial charge in [-0.05, 0) is 24.8 Å². The number of carbonyl (C=O) groups is 1. The van der Waals surface area contributed by atoms with E-state index in [1.54, 1.807) is 0 Å². The fourth-order valence-electron chi connectivity index (χ4n) is 2.43. The highest BCUT2D eigenvalue weighted by atomic mass is 16.4. The molecule has 1 saturated carbocycles. The van der Waals surface area contributed by atoms with Gasteiger partial charge < -0.3 is 10.8 Å². The monoisotopic (exact) mass is 199 g/mol. The van der Waals surface area contributed by atoms with E-state index in [0.29, 0.717) is 6.54 Å². The summed E-state index contributed by atoms with van der Waals surface area (Å²) in [7, 11) is 0. The predicted molar refractivity (Wildman–Crippen MR) is 56.1 cm³/mol. The number of aliphatic carboxylic acids is 1. The van der Waals surface area contributed by atoms with Gasteiger partial charge >= 0.3 is 5.97 Å². The fraction of sp³-hybridized carbons (Fsp3) is 0.909. The van der Waals surface area contributed by atoms with Crippen molar-refractivity contribution in [3.05, 3.63) is 0 Å². The Bertz CT molecular complexity index is 184. The van der Waals surface area contributed by atoms with Gasteiger partial charge in [0, 0.05) is 0 Å². The minimum atomic E-state index is -0.698. The summed E-state index contributed by atoms with van der Waals surface area (Å²) in [5, 5.41) is 8.87. The smallest absolute Gasteiger partial charge is 0.303 e. The van der Waals surface area contributed by atoms with Crippen molar-refractivity contribution in [2.45, 2.75) is 51.4 Å². The van der Waals surface area contributed by atoms with E-state index in [0.717, 1.165) is 25.7 Å². The van der Waals surface area contributed by atoms with Crippen LogP contribution < -0.4 is 5.73 Å². The second-order valence-corrected chi connectivity index (χ2v) is 4.54. The Hall–Kier alpha value is -0.570. The largest absolute Gasteiger partial charge is 0.481 e. The lowest BCUT2D eigenvalue weighted by molar-refractivity contribution is -0.140. The zero-order chi connectivity index (χ0) is 10.4. The van der Waals surface area contributed by atoms with Crippen molar-refractivity contribution < 1.29 is 9.90 Å². The molecule has 0 aliphatic heterocycles. The topological polar surface area (TPSA) is 63.3 Å². The van der Waals surface area contributed by atoms with Crippen molar-refractivity contribution in [1.29, 1.82) is 0 Å². The van der Waals surface area contributed by atoms with Crippen LogP contribution in [-0.4, -0.2) is 17.6 Å². The molecule has 1 aliphatic rings.